The van der Waals surface area contributed by atoms with Crippen molar-refractivity contribution in [2.45, 2.75) is 13.5 Å². The Morgan fingerprint density at radius 1 is 1.32 bits per heavy atom. The van der Waals surface area contributed by atoms with Gasteiger partial charge in [-0.05, 0) is 46.6 Å². The third-order valence-corrected chi connectivity index (χ3v) is 5.42. The molecule has 3 rings (SSSR count). The number of amides is 1. The van der Waals surface area contributed by atoms with Crippen LogP contribution in [0.25, 0.3) is 0 Å². The highest BCUT2D eigenvalue weighted by atomic mass is 79.9. The lowest BCUT2D eigenvalue weighted by Crippen LogP contribution is -2.19. The van der Waals surface area contributed by atoms with Gasteiger partial charge in [-0.25, -0.2) is 0 Å². The number of nitrogens with zero attached hydrogens (tertiary/aromatic N) is 2. The first kappa shape index (κ1) is 20.7. The number of hydrogen-bond acceptors (Lipinski definition) is 6. The summed E-state index contributed by atoms with van der Waals surface area (Å²) < 4.78 is 12.4. The van der Waals surface area contributed by atoms with Crippen molar-refractivity contribution in [2.75, 3.05) is 12.4 Å². The average Bonchev–Trinajstić information content (AvgIpc) is 3.08. The fourth-order valence-corrected chi connectivity index (χ4v) is 3.75. The molecule has 0 aromatic heterocycles. The van der Waals surface area contributed by atoms with Gasteiger partial charge in [0.15, 0.2) is 16.7 Å². The van der Waals surface area contributed by atoms with E-state index in [2.05, 4.69) is 31.4 Å². The standard InChI is InChI=1S/C19H17BrClN3O3S/c1-2-26-16-8-12(9-22-24-19-23-17(25)11-28-19)7-14(20)18(16)27-10-13-5-3-4-6-15(13)21/h3-9H,2,10-11H2,1H3,(H,23,24,25). The number of carbonyl (C=O) groups excluding carboxylic acids is 1. The predicted octanol–water partition coefficient (Wildman–Crippen LogP) is 4.63. The molecule has 0 unspecified atom stereocenters. The lowest BCUT2D eigenvalue weighted by atomic mass is 10.2. The minimum absolute atomic E-state index is 0.0691. The molecule has 2 aromatic rings. The maximum Gasteiger partial charge on any atom is 0.236 e. The van der Waals surface area contributed by atoms with E-state index in [1.54, 1.807) is 6.21 Å². The van der Waals surface area contributed by atoms with E-state index in [1.165, 1.54) is 11.8 Å². The minimum Gasteiger partial charge on any atom is -0.490 e. The molecule has 1 saturated heterocycles. The topological polar surface area (TPSA) is 72.3 Å². The largest absolute Gasteiger partial charge is 0.490 e. The van der Waals surface area contributed by atoms with Crippen molar-refractivity contribution in [2.24, 2.45) is 10.2 Å². The number of hydrogen-bond donors (Lipinski definition) is 1. The fraction of sp³-hybridized carbons (Fsp3) is 0.211. The Balaban J connectivity index is 1.77. The molecule has 2 aromatic carbocycles. The molecule has 9 heteroatoms. The van der Waals surface area contributed by atoms with Crippen LogP contribution >= 0.6 is 39.3 Å². The summed E-state index contributed by atoms with van der Waals surface area (Å²) in [6.07, 6.45) is 1.59. The highest BCUT2D eigenvalue weighted by molar-refractivity contribution is 9.10. The number of ether oxygens (including phenoxy) is 2. The van der Waals surface area contributed by atoms with Gasteiger partial charge in [-0.1, -0.05) is 41.6 Å². The summed E-state index contributed by atoms with van der Waals surface area (Å²) in [7, 11) is 0. The van der Waals surface area contributed by atoms with E-state index in [0.29, 0.717) is 40.7 Å². The number of halogens is 2. The molecule has 1 fully saturated rings. The van der Waals surface area contributed by atoms with E-state index in [4.69, 9.17) is 21.1 Å². The molecule has 0 bridgehead atoms. The zero-order chi connectivity index (χ0) is 19.9. The lowest BCUT2D eigenvalue weighted by Gasteiger charge is -2.15. The third kappa shape index (κ3) is 5.50. The smallest absolute Gasteiger partial charge is 0.236 e. The maximum absolute atomic E-state index is 11.2. The first-order valence-corrected chi connectivity index (χ1v) is 10.6. The van der Waals surface area contributed by atoms with E-state index in [1.807, 2.05) is 43.3 Å². The Morgan fingerprint density at radius 3 is 2.86 bits per heavy atom. The van der Waals surface area contributed by atoms with Crippen LogP contribution in [-0.4, -0.2) is 29.6 Å². The molecule has 1 aliphatic rings. The Kier molecular flexibility index (Phi) is 7.36. The molecule has 146 valence electrons. The van der Waals surface area contributed by atoms with Gasteiger partial charge >= 0.3 is 0 Å². The molecule has 1 aliphatic heterocycles. The monoisotopic (exact) mass is 481 g/mol. The molecule has 0 atom stereocenters. The number of thioether (sulfide) groups is 1. The van der Waals surface area contributed by atoms with Crippen molar-refractivity contribution >= 4 is 56.6 Å². The second kappa shape index (κ2) is 9.95. The molecule has 6 nitrogen and oxygen atoms in total. The van der Waals surface area contributed by atoms with Gasteiger partial charge in [0.2, 0.25) is 5.91 Å². The highest BCUT2D eigenvalue weighted by Crippen LogP contribution is 2.37. The molecular formula is C19H17BrClN3O3S. The van der Waals surface area contributed by atoms with Crippen LogP contribution in [0.1, 0.15) is 18.1 Å². The summed E-state index contributed by atoms with van der Waals surface area (Å²) >= 11 is 11.0. The summed E-state index contributed by atoms with van der Waals surface area (Å²) in [6.45, 7) is 2.70. The van der Waals surface area contributed by atoms with Crippen molar-refractivity contribution in [3.05, 3.63) is 57.0 Å². The van der Waals surface area contributed by atoms with Crippen LogP contribution in [0.3, 0.4) is 0 Å². The second-order valence-electron chi connectivity index (χ2n) is 5.63. The minimum atomic E-state index is -0.0691. The van der Waals surface area contributed by atoms with Crippen LogP contribution in [0, 0.1) is 0 Å². The average molecular weight is 483 g/mol. The molecule has 1 amide bonds. The summed E-state index contributed by atoms with van der Waals surface area (Å²) in [5.41, 5.74) is 1.66. The SMILES string of the molecule is CCOc1cc(C=NN=C2NC(=O)CS2)cc(Br)c1OCc1ccccc1Cl. The molecule has 0 radical (unpaired) electrons. The van der Waals surface area contributed by atoms with Gasteiger partial charge in [-0.3, -0.25) is 4.79 Å². The van der Waals surface area contributed by atoms with Crippen LogP contribution in [0.2, 0.25) is 5.02 Å². The lowest BCUT2D eigenvalue weighted by molar-refractivity contribution is -0.116. The van der Waals surface area contributed by atoms with E-state index in [0.717, 1.165) is 15.6 Å². The van der Waals surface area contributed by atoms with Gasteiger partial charge in [0.25, 0.3) is 0 Å². The molecule has 1 N–H and O–H groups in total. The molecule has 0 aliphatic carbocycles. The normalized spacial score (nSPS) is 15.2. The zero-order valence-electron chi connectivity index (χ0n) is 14.9. The number of benzene rings is 2. The zero-order valence-corrected chi connectivity index (χ0v) is 18.1. The second-order valence-corrected chi connectivity index (χ2v) is 7.86. The Morgan fingerprint density at radius 2 is 2.14 bits per heavy atom. The Labute approximate surface area is 180 Å². The van der Waals surface area contributed by atoms with Crippen LogP contribution in [0.4, 0.5) is 0 Å². The van der Waals surface area contributed by atoms with Crippen molar-refractivity contribution in [3.63, 3.8) is 0 Å². The Bertz CT molecular complexity index is 937. The van der Waals surface area contributed by atoms with Crippen LogP contribution in [0.5, 0.6) is 11.5 Å². The van der Waals surface area contributed by atoms with Crippen LogP contribution < -0.4 is 14.8 Å². The van der Waals surface area contributed by atoms with Gasteiger partial charge in [-0.15, -0.1) is 5.10 Å². The van der Waals surface area contributed by atoms with Crippen LogP contribution in [0.15, 0.2) is 51.1 Å². The molecule has 0 spiro atoms. The number of carbonyl (C=O) groups is 1. The van der Waals surface area contributed by atoms with Gasteiger partial charge in [-0.2, -0.15) is 5.10 Å². The molecule has 1 heterocycles. The molecule has 28 heavy (non-hydrogen) atoms. The van der Waals surface area contributed by atoms with Crippen LogP contribution in [-0.2, 0) is 11.4 Å². The quantitative estimate of drug-likeness (QED) is 0.461. The van der Waals surface area contributed by atoms with Crippen molar-refractivity contribution in [1.29, 1.82) is 0 Å². The highest BCUT2D eigenvalue weighted by Gasteiger charge is 2.16. The Hall–Kier alpha value is -2.03. The van der Waals surface area contributed by atoms with E-state index in [9.17, 15) is 4.79 Å². The number of amidine groups is 1. The van der Waals surface area contributed by atoms with Gasteiger partial charge < -0.3 is 14.8 Å². The van der Waals surface area contributed by atoms with Crippen molar-refractivity contribution in [1.82, 2.24) is 5.32 Å². The summed E-state index contributed by atoms with van der Waals surface area (Å²) in [4.78, 5) is 11.2. The number of rotatable bonds is 7. The van der Waals surface area contributed by atoms with Gasteiger partial charge in [0.05, 0.1) is 23.0 Å². The first-order valence-electron chi connectivity index (χ1n) is 8.43. The van der Waals surface area contributed by atoms with E-state index in [-0.39, 0.29) is 5.91 Å². The van der Waals surface area contributed by atoms with Gasteiger partial charge in [0.1, 0.15) is 6.61 Å². The summed E-state index contributed by atoms with van der Waals surface area (Å²) in [5.74, 6) is 1.47. The third-order valence-electron chi connectivity index (χ3n) is 3.60. The van der Waals surface area contributed by atoms with Crippen molar-refractivity contribution in [3.8, 4) is 11.5 Å². The number of nitrogens with one attached hydrogen (secondary N) is 1. The van der Waals surface area contributed by atoms with E-state index >= 15 is 0 Å². The van der Waals surface area contributed by atoms with Crippen molar-refractivity contribution < 1.29 is 14.3 Å². The molecule has 0 saturated carbocycles. The van der Waals surface area contributed by atoms with Gasteiger partial charge in [0, 0.05) is 10.6 Å². The fourth-order valence-electron chi connectivity index (χ4n) is 2.36. The van der Waals surface area contributed by atoms with E-state index < -0.39 is 0 Å². The maximum atomic E-state index is 11.2. The predicted molar refractivity (Wildman–Crippen MR) is 117 cm³/mol. The first-order chi connectivity index (χ1) is 13.6. The summed E-state index contributed by atoms with van der Waals surface area (Å²) in [6, 6.07) is 11.2. The molecular weight excluding hydrogens is 466 g/mol. The summed E-state index contributed by atoms with van der Waals surface area (Å²) in [5, 5.41) is 11.8.